The highest BCUT2D eigenvalue weighted by molar-refractivity contribution is 5.54. The summed E-state index contributed by atoms with van der Waals surface area (Å²) in [4.78, 5) is 0. The Kier molecular flexibility index (Phi) is 5.11. The van der Waals surface area contributed by atoms with Gasteiger partial charge in [0.1, 0.15) is 19.0 Å². The van der Waals surface area contributed by atoms with Gasteiger partial charge in [0.05, 0.1) is 14.2 Å². The van der Waals surface area contributed by atoms with Gasteiger partial charge >= 0.3 is 0 Å². The summed E-state index contributed by atoms with van der Waals surface area (Å²) in [7, 11) is 3.33. The van der Waals surface area contributed by atoms with Gasteiger partial charge in [-0.15, -0.1) is 0 Å². The largest absolute Gasteiger partial charge is 0.496 e. The number of para-hydroxylation sites is 1. The molecule has 24 heavy (non-hydrogen) atoms. The van der Waals surface area contributed by atoms with Crippen LogP contribution in [0, 0.1) is 0 Å². The molecule has 0 radical (unpaired) electrons. The van der Waals surface area contributed by atoms with E-state index >= 15 is 0 Å². The van der Waals surface area contributed by atoms with Crippen LogP contribution >= 0.6 is 0 Å². The smallest absolute Gasteiger partial charge is 0.203 e. The van der Waals surface area contributed by atoms with Crippen LogP contribution in [-0.4, -0.2) is 27.4 Å². The van der Waals surface area contributed by atoms with Crippen LogP contribution in [0.4, 0.5) is 0 Å². The Hall–Kier alpha value is -2.40. The molecule has 5 heteroatoms. The molecule has 1 atom stereocenters. The molecule has 1 aliphatic rings. The zero-order chi connectivity index (χ0) is 16.9. The van der Waals surface area contributed by atoms with Gasteiger partial charge in [-0.2, -0.15) is 0 Å². The van der Waals surface area contributed by atoms with Gasteiger partial charge in [0, 0.05) is 18.2 Å². The van der Waals surface area contributed by atoms with Crippen molar-refractivity contribution in [2.24, 2.45) is 0 Å². The minimum absolute atomic E-state index is 0.153. The molecule has 3 rings (SSSR count). The first kappa shape index (κ1) is 16.5. The highest BCUT2D eigenvalue weighted by Crippen LogP contribution is 2.40. The van der Waals surface area contributed by atoms with Crippen molar-refractivity contribution in [3.05, 3.63) is 47.5 Å². The van der Waals surface area contributed by atoms with Crippen LogP contribution in [0.15, 0.2) is 36.4 Å². The molecular weight excluding hydrogens is 306 g/mol. The average Bonchev–Trinajstić information content (AvgIpc) is 2.65. The molecule has 2 aromatic carbocycles. The van der Waals surface area contributed by atoms with E-state index in [1.54, 1.807) is 14.2 Å². The van der Waals surface area contributed by atoms with Crippen molar-refractivity contribution >= 4 is 0 Å². The van der Waals surface area contributed by atoms with Crippen molar-refractivity contribution in [2.45, 2.75) is 19.5 Å². The molecule has 0 bridgehead atoms. The molecular formula is C19H23NO4. The molecule has 0 aliphatic carbocycles. The number of methoxy groups -OCH3 is 2. The predicted molar refractivity (Wildman–Crippen MR) is 92.2 cm³/mol. The van der Waals surface area contributed by atoms with Crippen molar-refractivity contribution in [1.82, 2.24) is 5.32 Å². The normalized spacial score (nSPS) is 14.1. The maximum Gasteiger partial charge on any atom is 0.203 e. The van der Waals surface area contributed by atoms with Crippen LogP contribution in [0.3, 0.4) is 0 Å². The maximum absolute atomic E-state index is 5.68. The van der Waals surface area contributed by atoms with Gasteiger partial charge in [-0.3, -0.25) is 0 Å². The summed E-state index contributed by atoms with van der Waals surface area (Å²) >= 11 is 0. The summed E-state index contributed by atoms with van der Waals surface area (Å²) in [6, 6.07) is 12.2. The number of rotatable bonds is 6. The highest BCUT2D eigenvalue weighted by Gasteiger charge is 2.19. The topological polar surface area (TPSA) is 49.0 Å². The lowest BCUT2D eigenvalue weighted by atomic mass is 10.1. The van der Waals surface area contributed by atoms with Gasteiger partial charge in [-0.25, -0.2) is 0 Å². The molecule has 0 amide bonds. The van der Waals surface area contributed by atoms with Gasteiger partial charge < -0.3 is 24.3 Å². The molecule has 0 saturated heterocycles. The first-order valence-electron chi connectivity index (χ1n) is 8.05. The van der Waals surface area contributed by atoms with E-state index in [-0.39, 0.29) is 6.04 Å². The Morgan fingerprint density at radius 1 is 1.04 bits per heavy atom. The molecule has 128 valence electrons. The fourth-order valence-corrected chi connectivity index (χ4v) is 2.83. The van der Waals surface area contributed by atoms with Gasteiger partial charge in [-0.1, -0.05) is 18.2 Å². The maximum atomic E-state index is 5.68. The number of benzene rings is 2. The van der Waals surface area contributed by atoms with E-state index in [1.165, 1.54) is 0 Å². The van der Waals surface area contributed by atoms with Crippen LogP contribution < -0.4 is 24.3 Å². The second-order valence-electron chi connectivity index (χ2n) is 5.67. The summed E-state index contributed by atoms with van der Waals surface area (Å²) in [6.07, 6.45) is 0. The fraction of sp³-hybridized carbons (Fsp3) is 0.368. The monoisotopic (exact) mass is 329 g/mol. The molecule has 1 N–H and O–H groups in total. The van der Waals surface area contributed by atoms with Crippen LogP contribution in [0.5, 0.6) is 23.0 Å². The quantitative estimate of drug-likeness (QED) is 0.881. The third-order valence-corrected chi connectivity index (χ3v) is 4.11. The number of hydrogen-bond donors (Lipinski definition) is 1. The summed E-state index contributed by atoms with van der Waals surface area (Å²) in [6.45, 7) is 3.91. The number of fused-ring (bicyclic) bond motifs is 1. The van der Waals surface area contributed by atoms with E-state index in [0.717, 1.165) is 22.6 Å². The third kappa shape index (κ3) is 3.41. The van der Waals surface area contributed by atoms with E-state index < -0.39 is 0 Å². The van der Waals surface area contributed by atoms with Crippen molar-refractivity contribution < 1.29 is 18.9 Å². The van der Waals surface area contributed by atoms with E-state index in [4.69, 9.17) is 18.9 Å². The van der Waals surface area contributed by atoms with Crippen LogP contribution in [0.1, 0.15) is 24.1 Å². The molecule has 1 aliphatic heterocycles. The fourth-order valence-electron chi connectivity index (χ4n) is 2.83. The van der Waals surface area contributed by atoms with Crippen LogP contribution in [0.2, 0.25) is 0 Å². The van der Waals surface area contributed by atoms with E-state index in [1.807, 2.05) is 30.3 Å². The summed E-state index contributed by atoms with van der Waals surface area (Å²) in [5.74, 6) is 3.01. The first-order chi connectivity index (χ1) is 11.7. The van der Waals surface area contributed by atoms with Gasteiger partial charge in [0.25, 0.3) is 0 Å². The lowest BCUT2D eigenvalue weighted by molar-refractivity contribution is 0.165. The molecule has 0 fully saturated rings. The Bertz CT molecular complexity index is 685. The second kappa shape index (κ2) is 7.45. The second-order valence-corrected chi connectivity index (χ2v) is 5.67. The van der Waals surface area contributed by atoms with E-state index in [2.05, 4.69) is 18.3 Å². The number of hydrogen-bond acceptors (Lipinski definition) is 5. The lowest BCUT2D eigenvalue weighted by Gasteiger charge is -2.22. The van der Waals surface area contributed by atoms with Gasteiger partial charge in [0.2, 0.25) is 5.75 Å². The van der Waals surface area contributed by atoms with Crippen LogP contribution in [-0.2, 0) is 6.54 Å². The molecule has 0 saturated carbocycles. The summed E-state index contributed by atoms with van der Waals surface area (Å²) in [5.41, 5.74) is 2.21. The van der Waals surface area contributed by atoms with Crippen LogP contribution in [0.25, 0.3) is 0 Å². The van der Waals surface area contributed by atoms with E-state index in [0.29, 0.717) is 31.3 Å². The standard InChI is InChI=1S/C19H23NO4/c1-13(15-6-4-5-7-16(15)21-2)20-12-14-10-17(22-3)19-18(11-14)23-8-9-24-19/h4-7,10-11,13,20H,8-9,12H2,1-3H3/t13-/m0/s1. The Balaban J connectivity index is 1.74. The lowest BCUT2D eigenvalue weighted by Crippen LogP contribution is -2.20. The zero-order valence-electron chi connectivity index (χ0n) is 14.3. The third-order valence-electron chi connectivity index (χ3n) is 4.11. The molecule has 1 heterocycles. The Labute approximate surface area is 142 Å². The summed E-state index contributed by atoms with van der Waals surface area (Å²) < 4.78 is 22.2. The van der Waals surface area contributed by atoms with Crippen molar-refractivity contribution in [3.63, 3.8) is 0 Å². The van der Waals surface area contributed by atoms with Crippen molar-refractivity contribution in [1.29, 1.82) is 0 Å². The van der Waals surface area contributed by atoms with Crippen molar-refractivity contribution in [2.75, 3.05) is 27.4 Å². The molecule has 0 aromatic heterocycles. The summed E-state index contributed by atoms with van der Waals surface area (Å²) in [5, 5.41) is 3.52. The van der Waals surface area contributed by atoms with Crippen molar-refractivity contribution in [3.8, 4) is 23.0 Å². The minimum Gasteiger partial charge on any atom is -0.496 e. The number of nitrogens with one attached hydrogen (secondary N) is 1. The molecule has 5 nitrogen and oxygen atoms in total. The molecule has 2 aromatic rings. The first-order valence-corrected chi connectivity index (χ1v) is 8.05. The highest BCUT2D eigenvalue weighted by atomic mass is 16.6. The molecule has 0 spiro atoms. The minimum atomic E-state index is 0.153. The average molecular weight is 329 g/mol. The van der Waals surface area contributed by atoms with Gasteiger partial charge in [0.15, 0.2) is 11.5 Å². The van der Waals surface area contributed by atoms with E-state index in [9.17, 15) is 0 Å². The SMILES string of the molecule is COc1ccccc1[C@H](C)NCc1cc(OC)c2c(c1)OCCO2. The molecule has 0 unspecified atom stereocenters. The number of ether oxygens (including phenoxy) is 4. The Morgan fingerprint density at radius 2 is 1.79 bits per heavy atom. The Morgan fingerprint density at radius 3 is 2.58 bits per heavy atom. The predicted octanol–water partition coefficient (Wildman–Crippen LogP) is 3.33. The van der Waals surface area contributed by atoms with Gasteiger partial charge in [-0.05, 0) is 30.7 Å². The zero-order valence-corrected chi connectivity index (χ0v) is 14.3.